The van der Waals surface area contributed by atoms with E-state index in [1.54, 1.807) is 20.8 Å². The predicted octanol–water partition coefficient (Wildman–Crippen LogP) is 0.588. The minimum atomic E-state index is -1.14. The van der Waals surface area contributed by atoms with Gasteiger partial charge in [0, 0.05) is 5.54 Å². The second-order valence-corrected chi connectivity index (χ2v) is 5.36. The van der Waals surface area contributed by atoms with Gasteiger partial charge >= 0.3 is 18.2 Å². The fraction of sp³-hybridized carbons (Fsp3) is 0.769. The third kappa shape index (κ3) is 11.8. The zero-order valence-corrected chi connectivity index (χ0v) is 13.2. The van der Waals surface area contributed by atoms with Gasteiger partial charge in [-0.25, -0.2) is 9.59 Å². The maximum atomic E-state index is 11.3. The Balaban J connectivity index is 3.76. The number of carbonyl (C=O) groups is 3. The van der Waals surface area contributed by atoms with Crippen molar-refractivity contribution in [3.63, 3.8) is 0 Å². The Morgan fingerprint density at radius 3 is 2.23 bits per heavy atom. The lowest BCUT2D eigenvalue weighted by Gasteiger charge is -2.20. The van der Waals surface area contributed by atoms with E-state index in [-0.39, 0.29) is 26.2 Å². The number of aliphatic hydroxyl groups is 1. The SMILES string of the molecule is COC(=O)OCCC(=O)OCC(O)COC(=O)NC(C)(C)C. The average Bonchev–Trinajstić information content (AvgIpc) is 2.40. The third-order valence-corrected chi connectivity index (χ3v) is 2.01. The quantitative estimate of drug-likeness (QED) is 0.516. The third-order valence-electron chi connectivity index (χ3n) is 2.01. The van der Waals surface area contributed by atoms with Crippen LogP contribution in [0.2, 0.25) is 0 Å². The summed E-state index contributed by atoms with van der Waals surface area (Å²) < 4.78 is 18.2. The van der Waals surface area contributed by atoms with Gasteiger partial charge in [-0.05, 0) is 20.8 Å². The van der Waals surface area contributed by atoms with E-state index in [1.807, 2.05) is 0 Å². The molecule has 22 heavy (non-hydrogen) atoms. The number of esters is 1. The molecule has 0 spiro atoms. The van der Waals surface area contributed by atoms with Crippen LogP contribution in [0.5, 0.6) is 0 Å². The lowest BCUT2D eigenvalue weighted by atomic mass is 10.1. The van der Waals surface area contributed by atoms with E-state index in [1.165, 1.54) is 0 Å². The predicted molar refractivity (Wildman–Crippen MR) is 74.2 cm³/mol. The highest BCUT2D eigenvalue weighted by Gasteiger charge is 2.17. The van der Waals surface area contributed by atoms with Crippen LogP contribution in [-0.4, -0.2) is 61.9 Å². The molecule has 2 N–H and O–H groups in total. The molecule has 0 radical (unpaired) electrons. The van der Waals surface area contributed by atoms with E-state index >= 15 is 0 Å². The monoisotopic (exact) mass is 321 g/mol. The van der Waals surface area contributed by atoms with Gasteiger partial charge in [-0.2, -0.15) is 0 Å². The zero-order chi connectivity index (χ0) is 17.2. The number of alkyl carbamates (subject to hydrolysis) is 1. The van der Waals surface area contributed by atoms with Crippen molar-refractivity contribution >= 4 is 18.2 Å². The molecule has 0 rings (SSSR count). The molecule has 0 aliphatic rings. The highest BCUT2D eigenvalue weighted by molar-refractivity contribution is 5.70. The summed E-state index contributed by atoms with van der Waals surface area (Å²) in [5.74, 6) is -0.665. The van der Waals surface area contributed by atoms with Gasteiger partial charge in [-0.3, -0.25) is 4.79 Å². The summed E-state index contributed by atoms with van der Waals surface area (Å²) in [5.41, 5.74) is -0.450. The molecule has 1 unspecified atom stereocenters. The Kier molecular flexibility index (Phi) is 8.92. The van der Waals surface area contributed by atoms with E-state index in [4.69, 9.17) is 9.47 Å². The highest BCUT2D eigenvalue weighted by atomic mass is 16.7. The molecule has 128 valence electrons. The molecule has 0 aromatic heterocycles. The maximum Gasteiger partial charge on any atom is 0.507 e. The Morgan fingerprint density at radius 2 is 1.68 bits per heavy atom. The molecule has 0 fully saturated rings. The van der Waals surface area contributed by atoms with E-state index in [2.05, 4.69) is 14.8 Å². The van der Waals surface area contributed by atoms with Crippen molar-refractivity contribution in [2.45, 2.75) is 38.8 Å². The van der Waals surface area contributed by atoms with Crippen LogP contribution >= 0.6 is 0 Å². The van der Waals surface area contributed by atoms with Crippen molar-refractivity contribution in [2.24, 2.45) is 0 Å². The first-order chi connectivity index (χ1) is 10.1. The molecular formula is C13H23NO8. The van der Waals surface area contributed by atoms with E-state index in [0.717, 1.165) is 7.11 Å². The van der Waals surface area contributed by atoms with Gasteiger partial charge in [0.15, 0.2) is 0 Å². The molecule has 0 aromatic carbocycles. The number of ether oxygens (including phenoxy) is 4. The van der Waals surface area contributed by atoms with Crippen molar-refractivity contribution in [1.82, 2.24) is 5.32 Å². The molecule has 0 aliphatic heterocycles. The molecule has 0 aliphatic carbocycles. The molecule has 0 saturated carbocycles. The second-order valence-electron chi connectivity index (χ2n) is 5.36. The van der Waals surface area contributed by atoms with Gasteiger partial charge in [0.2, 0.25) is 0 Å². The van der Waals surface area contributed by atoms with Crippen LogP contribution in [0.3, 0.4) is 0 Å². The van der Waals surface area contributed by atoms with Crippen LogP contribution in [0.4, 0.5) is 9.59 Å². The summed E-state index contributed by atoms with van der Waals surface area (Å²) in [6.45, 7) is 4.51. The molecular weight excluding hydrogens is 298 g/mol. The first-order valence-electron chi connectivity index (χ1n) is 6.63. The van der Waals surface area contributed by atoms with Gasteiger partial charge in [0.05, 0.1) is 13.5 Å². The molecule has 0 heterocycles. The van der Waals surface area contributed by atoms with Crippen LogP contribution in [0.15, 0.2) is 0 Å². The van der Waals surface area contributed by atoms with Gasteiger partial charge < -0.3 is 29.4 Å². The van der Waals surface area contributed by atoms with Crippen LogP contribution < -0.4 is 5.32 Å². The average molecular weight is 321 g/mol. The number of hydrogen-bond donors (Lipinski definition) is 2. The summed E-state index contributed by atoms with van der Waals surface area (Å²) in [5, 5.41) is 12.1. The number of hydrogen-bond acceptors (Lipinski definition) is 8. The summed E-state index contributed by atoms with van der Waals surface area (Å²) in [4.78, 5) is 33.2. The normalized spacial score (nSPS) is 12.0. The Labute approximate surface area is 128 Å². The number of methoxy groups -OCH3 is 1. The van der Waals surface area contributed by atoms with E-state index in [9.17, 15) is 19.5 Å². The van der Waals surface area contributed by atoms with Crippen LogP contribution in [0.25, 0.3) is 0 Å². The minimum Gasteiger partial charge on any atom is -0.463 e. The van der Waals surface area contributed by atoms with Gasteiger partial charge in [-0.15, -0.1) is 0 Å². The molecule has 1 amide bonds. The molecule has 0 bridgehead atoms. The molecule has 0 aromatic rings. The van der Waals surface area contributed by atoms with Gasteiger partial charge in [0.1, 0.15) is 25.9 Å². The molecule has 0 saturated heterocycles. The minimum absolute atomic E-state index is 0.173. The number of rotatable bonds is 7. The number of amides is 1. The van der Waals surface area contributed by atoms with Gasteiger partial charge in [0.25, 0.3) is 0 Å². The Bertz CT molecular complexity index is 377. The van der Waals surface area contributed by atoms with Crippen LogP contribution in [-0.2, 0) is 23.7 Å². The van der Waals surface area contributed by atoms with Gasteiger partial charge in [-0.1, -0.05) is 0 Å². The molecule has 9 nitrogen and oxygen atoms in total. The second kappa shape index (κ2) is 9.82. The van der Waals surface area contributed by atoms with Crippen molar-refractivity contribution in [1.29, 1.82) is 0 Å². The largest absolute Gasteiger partial charge is 0.507 e. The highest BCUT2D eigenvalue weighted by Crippen LogP contribution is 2.00. The van der Waals surface area contributed by atoms with Crippen LogP contribution in [0, 0.1) is 0 Å². The molecule has 9 heteroatoms. The Hall–Kier alpha value is -2.03. The first kappa shape index (κ1) is 20.0. The first-order valence-corrected chi connectivity index (χ1v) is 6.63. The van der Waals surface area contributed by atoms with E-state index in [0.29, 0.717) is 0 Å². The van der Waals surface area contributed by atoms with Crippen molar-refractivity contribution in [2.75, 3.05) is 26.9 Å². The number of aliphatic hydroxyl groups excluding tert-OH is 1. The summed E-state index contributed by atoms with van der Waals surface area (Å²) >= 11 is 0. The smallest absolute Gasteiger partial charge is 0.463 e. The zero-order valence-electron chi connectivity index (χ0n) is 13.2. The summed E-state index contributed by atoms with van der Waals surface area (Å²) in [6.07, 6.45) is -2.89. The number of carbonyl (C=O) groups excluding carboxylic acids is 3. The summed E-state index contributed by atoms with van der Waals surface area (Å²) in [7, 11) is 1.15. The topological polar surface area (TPSA) is 120 Å². The van der Waals surface area contributed by atoms with E-state index < -0.39 is 29.9 Å². The molecule has 1 atom stereocenters. The van der Waals surface area contributed by atoms with Crippen molar-refractivity contribution in [3.8, 4) is 0 Å². The lowest BCUT2D eigenvalue weighted by Crippen LogP contribution is -2.42. The maximum absolute atomic E-state index is 11.3. The van der Waals surface area contributed by atoms with Crippen molar-refractivity contribution < 1.29 is 38.4 Å². The number of nitrogens with one attached hydrogen (secondary N) is 1. The standard InChI is InChI=1S/C13H23NO8/c1-13(2,3)14-11(17)22-8-9(15)7-21-10(16)5-6-20-12(18)19-4/h9,15H,5-8H2,1-4H3,(H,14,17). The van der Waals surface area contributed by atoms with Crippen LogP contribution in [0.1, 0.15) is 27.2 Å². The van der Waals surface area contributed by atoms with Crippen molar-refractivity contribution in [3.05, 3.63) is 0 Å². The fourth-order valence-electron chi connectivity index (χ4n) is 1.10. The summed E-state index contributed by atoms with van der Waals surface area (Å²) in [6, 6.07) is 0. The lowest BCUT2D eigenvalue weighted by molar-refractivity contribution is -0.148. The Morgan fingerprint density at radius 1 is 1.09 bits per heavy atom. The fourth-order valence-corrected chi connectivity index (χ4v) is 1.10.